The Morgan fingerprint density at radius 2 is 1.68 bits per heavy atom. The number of ether oxygens (including phenoxy) is 1. The van der Waals surface area contributed by atoms with Gasteiger partial charge >= 0.3 is 5.97 Å². The van der Waals surface area contributed by atoms with Crippen molar-refractivity contribution in [3.05, 3.63) is 65.7 Å². The van der Waals surface area contributed by atoms with Crippen LogP contribution in [0.5, 0.6) is 0 Å². The van der Waals surface area contributed by atoms with E-state index in [9.17, 15) is 4.79 Å². The van der Waals surface area contributed by atoms with Crippen LogP contribution < -0.4 is 5.32 Å². The maximum Gasteiger partial charge on any atom is 0.303 e. The third-order valence-electron chi connectivity index (χ3n) is 4.38. The van der Waals surface area contributed by atoms with Gasteiger partial charge in [0, 0.05) is 23.6 Å². The molecule has 0 radical (unpaired) electrons. The van der Waals surface area contributed by atoms with E-state index in [0.717, 1.165) is 11.3 Å². The minimum absolute atomic E-state index is 0.0768. The Labute approximate surface area is 131 Å². The van der Waals surface area contributed by atoms with E-state index < -0.39 is 0 Å². The summed E-state index contributed by atoms with van der Waals surface area (Å²) in [6.45, 7) is 5.75. The first kappa shape index (κ1) is 14.6. The Balaban J connectivity index is 2.10. The maximum absolute atomic E-state index is 11.6. The van der Waals surface area contributed by atoms with Crippen molar-refractivity contribution < 1.29 is 9.53 Å². The standard InChI is InChI=1S/C19H21NO2/c1-13(21)22-18-15-11-7-8-12-16(15)20-17(19(18,2)3)14-9-5-4-6-10-14/h4-12,17-18,20H,1-3H3. The fraction of sp³-hybridized carbons (Fsp3) is 0.316. The van der Waals surface area contributed by atoms with Crippen molar-refractivity contribution in [2.75, 3.05) is 5.32 Å². The number of nitrogens with one attached hydrogen (secondary N) is 1. The van der Waals surface area contributed by atoms with Crippen LogP contribution in [0.15, 0.2) is 54.6 Å². The Bertz CT molecular complexity index is 679. The van der Waals surface area contributed by atoms with Crippen LogP contribution in [0.4, 0.5) is 5.69 Å². The number of para-hydroxylation sites is 1. The molecule has 1 aliphatic heterocycles. The zero-order chi connectivity index (χ0) is 15.7. The average Bonchev–Trinajstić information content (AvgIpc) is 2.50. The molecule has 1 heterocycles. The van der Waals surface area contributed by atoms with Gasteiger partial charge in [-0.2, -0.15) is 0 Å². The Morgan fingerprint density at radius 1 is 1.05 bits per heavy atom. The third kappa shape index (κ3) is 2.47. The zero-order valence-electron chi connectivity index (χ0n) is 13.2. The number of hydrogen-bond acceptors (Lipinski definition) is 3. The molecule has 2 unspecified atom stereocenters. The first-order valence-corrected chi connectivity index (χ1v) is 7.58. The summed E-state index contributed by atoms with van der Waals surface area (Å²) in [7, 11) is 0. The number of carbonyl (C=O) groups is 1. The van der Waals surface area contributed by atoms with Gasteiger partial charge in [-0.3, -0.25) is 4.79 Å². The number of rotatable bonds is 2. The van der Waals surface area contributed by atoms with E-state index in [0.29, 0.717) is 0 Å². The van der Waals surface area contributed by atoms with Crippen molar-refractivity contribution in [1.82, 2.24) is 0 Å². The summed E-state index contributed by atoms with van der Waals surface area (Å²) in [5, 5.41) is 3.62. The van der Waals surface area contributed by atoms with Gasteiger partial charge in [0.1, 0.15) is 6.10 Å². The van der Waals surface area contributed by atoms with Crippen molar-refractivity contribution in [3.63, 3.8) is 0 Å². The second-order valence-corrected chi connectivity index (χ2v) is 6.39. The van der Waals surface area contributed by atoms with Crippen molar-refractivity contribution >= 4 is 11.7 Å². The van der Waals surface area contributed by atoms with Crippen LogP contribution in [0.3, 0.4) is 0 Å². The van der Waals surface area contributed by atoms with Crippen LogP contribution in [-0.4, -0.2) is 5.97 Å². The number of esters is 1. The van der Waals surface area contributed by atoms with Gasteiger partial charge in [0.05, 0.1) is 6.04 Å². The molecule has 0 bridgehead atoms. The van der Waals surface area contributed by atoms with E-state index in [2.05, 4.69) is 31.3 Å². The lowest BCUT2D eigenvalue weighted by Crippen LogP contribution is -2.40. The van der Waals surface area contributed by atoms with Crippen molar-refractivity contribution in [3.8, 4) is 0 Å². The average molecular weight is 295 g/mol. The Hall–Kier alpha value is -2.29. The molecule has 0 aliphatic carbocycles. The lowest BCUT2D eigenvalue weighted by Gasteiger charge is -2.46. The molecule has 2 aromatic rings. The summed E-state index contributed by atoms with van der Waals surface area (Å²) in [5.41, 5.74) is 3.00. The second-order valence-electron chi connectivity index (χ2n) is 6.39. The molecule has 0 fully saturated rings. The number of benzene rings is 2. The highest BCUT2D eigenvalue weighted by Crippen LogP contribution is 2.52. The highest BCUT2D eigenvalue weighted by Gasteiger charge is 2.45. The Morgan fingerprint density at radius 3 is 2.36 bits per heavy atom. The van der Waals surface area contributed by atoms with Crippen LogP contribution in [0.25, 0.3) is 0 Å². The molecule has 0 saturated heterocycles. The molecule has 3 nitrogen and oxygen atoms in total. The van der Waals surface area contributed by atoms with Gasteiger partial charge in [-0.25, -0.2) is 0 Å². The summed E-state index contributed by atoms with van der Waals surface area (Å²) >= 11 is 0. The number of carbonyl (C=O) groups excluding carboxylic acids is 1. The fourth-order valence-electron chi connectivity index (χ4n) is 3.29. The smallest absolute Gasteiger partial charge is 0.303 e. The lowest BCUT2D eigenvalue weighted by molar-refractivity contribution is -0.154. The highest BCUT2D eigenvalue weighted by atomic mass is 16.5. The van der Waals surface area contributed by atoms with Gasteiger partial charge in [0.25, 0.3) is 0 Å². The van der Waals surface area contributed by atoms with Crippen LogP contribution in [0.2, 0.25) is 0 Å². The molecule has 3 rings (SSSR count). The molecule has 1 aliphatic rings. The zero-order valence-corrected chi connectivity index (χ0v) is 13.2. The molecule has 114 valence electrons. The molecule has 2 aromatic carbocycles. The topological polar surface area (TPSA) is 38.3 Å². The molecule has 2 atom stereocenters. The maximum atomic E-state index is 11.6. The monoisotopic (exact) mass is 295 g/mol. The molecule has 1 N–H and O–H groups in total. The van der Waals surface area contributed by atoms with Crippen molar-refractivity contribution in [1.29, 1.82) is 0 Å². The van der Waals surface area contributed by atoms with E-state index in [1.807, 2.05) is 42.5 Å². The van der Waals surface area contributed by atoms with Gasteiger partial charge < -0.3 is 10.1 Å². The first-order valence-electron chi connectivity index (χ1n) is 7.58. The van der Waals surface area contributed by atoms with Gasteiger partial charge in [-0.1, -0.05) is 62.4 Å². The minimum Gasteiger partial charge on any atom is -0.457 e. The summed E-state index contributed by atoms with van der Waals surface area (Å²) in [6, 6.07) is 18.4. The molecular formula is C19H21NO2. The molecule has 0 saturated carbocycles. The fourth-order valence-corrected chi connectivity index (χ4v) is 3.29. The summed E-state index contributed by atoms with van der Waals surface area (Å²) in [4.78, 5) is 11.6. The molecule has 22 heavy (non-hydrogen) atoms. The number of anilines is 1. The molecule has 3 heteroatoms. The molecule has 0 amide bonds. The predicted molar refractivity (Wildman–Crippen MR) is 87.5 cm³/mol. The number of fused-ring (bicyclic) bond motifs is 1. The van der Waals surface area contributed by atoms with Crippen LogP contribution in [0, 0.1) is 5.41 Å². The highest BCUT2D eigenvalue weighted by molar-refractivity contribution is 5.68. The number of hydrogen-bond donors (Lipinski definition) is 1. The Kier molecular flexibility index (Phi) is 3.65. The largest absolute Gasteiger partial charge is 0.457 e. The van der Waals surface area contributed by atoms with Crippen molar-refractivity contribution in [2.24, 2.45) is 5.41 Å². The van der Waals surface area contributed by atoms with E-state index in [-0.39, 0.29) is 23.5 Å². The first-order chi connectivity index (χ1) is 10.5. The second kappa shape index (κ2) is 5.48. The van der Waals surface area contributed by atoms with E-state index >= 15 is 0 Å². The normalized spacial score (nSPS) is 22.3. The van der Waals surface area contributed by atoms with Crippen molar-refractivity contribution in [2.45, 2.75) is 32.9 Å². The van der Waals surface area contributed by atoms with Crippen LogP contribution >= 0.6 is 0 Å². The lowest BCUT2D eigenvalue weighted by atomic mass is 9.70. The van der Waals surface area contributed by atoms with E-state index in [1.165, 1.54) is 12.5 Å². The quantitative estimate of drug-likeness (QED) is 0.830. The third-order valence-corrected chi connectivity index (χ3v) is 4.38. The molecule has 0 aromatic heterocycles. The predicted octanol–water partition coefficient (Wildman–Crippen LogP) is 4.48. The van der Waals surface area contributed by atoms with Gasteiger partial charge in [0.2, 0.25) is 0 Å². The van der Waals surface area contributed by atoms with Crippen LogP contribution in [0.1, 0.15) is 44.0 Å². The van der Waals surface area contributed by atoms with Gasteiger partial charge in [-0.15, -0.1) is 0 Å². The SMILES string of the molecule is CC(=O)OC1c2ccccc2NC(c2ccccc2)C1(C)C. The van der Waals surface area contributed by atoms with Gasteiger partial charge in [-0.05, 0) is 11.6 Å². The summed E-state index contributed by atoms with van der Waals surface area (Å²) in [6.07, 6.45) is -0.271. The van der Waals surface area contributed by atoms with E-state index in [4.69, 9.17) is 4.74 Å². The van der Waals surface area contributed by atoms with Crippen LogP contribution in [-0.2, 0) is 9.53 Å². The summed E-state index contributed by atoms with van der Waals surface area (Å²) < 4.78 is 5.71. The van der Waals surface area contributed by atoms with Gasteiger partial charge in [0.15, 0.2) is 0 Å². The molecular weight excluding hydrogens is 274 g/mol. The minimum atomic E-state index is -0.271. The summed E-state index contributed by atoms with van der Waals surface area (Å²) in [5.74, 6) is -0.249. The molecule has 0 spiro atoms. The van der Waals surface area contributed by atoms with E-state index in [1.54, 1.807) is 0 Å².